The summed E-state index contributed by atoms with van der Waals surface area (Å²) in [5.74, 6) is 0.678. The Labute approximate surface area is 61.4 Å². The van der Waals surface area contributed by atoms with Crippen LogP contribution in [0.4, 0.5) is 4.79 Å². The normalized spacial score (nSPS) is 25.0. The summed E-state index contributed by atoms with van der Waals surface area (Å²) in [5.41, 5.74) is 0. The summed E-state index contributed by atoms with van der Waals surface area (Å²) in [4.78, 5) is 12.8. The van der Waals surface area contributed by atoms with Crippen molar-refractivity contribution in [1.29, 1.82) is 0 Å². The standard InChI is InChI=1S/C7H14N2O/c1-6-3-4-9(5-6)7(10)8-2/h6H,3-5H2,1-2H3,(H,8,10). The summed E-state index contributed by atoms with van der Waals surface area (Å²) in [6, 6.07) is 0.0596. The van der Waals surface area contributed by atoms with Gasteiger partial charge in [-0.05, 0) is 12.3 Å². The van der Waals surface area contributed by atoms with Crippen LogP contribution in [-0.4, -0.2) is 31.1 Å². The summed E-state index contributed by atoms with van der Waals surface area (Å²) < 4.78 is 0. The van der Waals surface area contributed by atoms with Crippen molar-refractivity contribution in [2.24, 2.45) is 5.92 Å². The van der Waals surface area contributed by atoms with Gasteiger partial charge in [0.15, 0.2) is 0 Å². The molecule has 0 bridgehead atoms. The van der Waals surface area contributed by atoms with E-state index in [1.165, 1.54) is 0 Å². The molecule has 10 heavy (non-hydrogen) atoms. The molecule has 3 nitrogen and oxygen atoms in total. The lowest BCUT2D eigenvalue weighted by atomic mass is 10.2. The topological polar surface area (TPSA) is 32.3 Å². The third kappa shape index (κ3) is 1.40. The first-order valence-electron chi connectivity index (χ1n) is 3.70. The molecular weight excluding hydrogens is 128 g/mol. The Morgan fingerprint density at radius 3 is 2.80 bits per heavy atom. The molecule has 0 saturated carbocycles. The Balaban J connectivity index is 2.37. The van der Waals surface area contributed by atoms with E-state index in [1.807, 2.05) is 4.90 Å². The Bertz CT molecular complexity index is 136. The first kappa shape index (κ1) is 7.38. The fraction of sp³-hybridized carbons (Fsp3) is 0.857. The van der Waals surface area contributed by atoms with Gasteiger partial charge >= 0.3 is 6.03 Å². The highest BCUT2D eigenvalue weighted by atomic mass is 16.2. The maximum absolute atomic E-state index is 11.0. The summed E-state index contributed by atoms with van der Waals surface area (Å²) >= 11 is 0. The van der Waals surface area contributed by atoms with Gasteiger partial charge in [-0.15, -0.1) is 0 Å². The first-order chi connectivity index (χ1) is 4.74. The largest absolute Gasteiger partial charge is 0.341 e. The fourth-order valence-electron chi connectivity index (χ4n) is 1.28. The van der Waals surface area contributed by atoms with Crippen LogP contribution in [0.2, 0.25) is 0 Å². The second kappa shape index (κ2) is 2.90. The Morgan fingerprint density at radius 1 is 1.70 bits per heavy atom. The monoisotopic (exact) mass is 142 g/mol. The zero-order valence-corrected chi connectivity index (χ0v) is 6.55. The maximum Gasteiger partial charge on any atom is 0.317 e. The number of carbonyl (C=O) groups excluding carboxylic acids is 1. The number of urea groups is 1. The number of carbonyl (C=O) groups is 1. The molecule has 1 rings (SSSR count). The molecule has 1 unspecified atom stereocenters. The lowest BCUT2D eigenvalue weighted by Gasteiger charge is -2.14. The molecule has 3 heteroatoms. The lowest BCUT2D eigenvalue weighted by Crippen LogP contribution is -2.36. The van der Waals surface area contributed by atoms with Crippen LogP contribution in [0.1, 0.15) is 13.3 Å². The highest BCUT2D eigenvalue weighted by Crippen LogP contribution is 2.14. The number of rotatable bonds is 0. The third-order valence-electron chi connectivity index (χ3n) is 1.92. The Hall–Kier alpha value is -0.730. The van der Waals surface area contributed by atoms with Crippen molar-refractivity contribution in [2.75, 3.05) is 20.1 Å². The zero-order chi connectivity index (χ0) is 7.56. The second-order valence-corrected chi connectivity index (χ2v) is 2.90. The molecule has 1 aliphatic heterocycles. The minimum Gasteiger partial charge on any atom is -0.341 e. The third-order valence-corrected chi connectivity index (χ3v) is 1.92. The SMILES string of the molecule is CNC(=O)N1CCC(C)C1. The predicted octanol–water partition coefficient (Wildman–Crippen LogP) is 0.668. The van der Waals surface area contributed by atoms with E-state index in [0.29, 0.717) is 5.92 Å². The summed E-state index contributed by atoms with van der Waals surface area (Å²) in [6.07, 6.45) is 1.15. The highest BCUT2D eigenvalue weighted by Gasteiger charge is 2.21. The molecule has 1 N–H and O–H groups in total. The molecule has 0 aromatic heterocycles. The van der Waals surface area contributed by atoms with E-state index in [0.717, 1.165) is 19.5 Å². The van der Waals surface area contributed by atoms with E-state index in [4.69, 9.17) is 0 Å². The molecular formula is C7H14N2O. The van der Waals surface area contributed by atoms with Crippen LogP contribution in [0, 0.1) is 5.92 Å². The number of nitrogens with one attached hydrogen (secondary N) is 1. The minimum absolute atomic E-state index is 0.0596. The van der Waals surface area contributed by atoms with Gasteiger partial charge in [0.05, 0.1) is 0 Å². The van der Waals surface area contributed by atoms with Gasteiger partial charge in [0.2, 0.25) is 0 Å². The molecule has 0 aromatic rings. The van der Waals surface area contributed by atoms with E-state index in [-0.39, 0.29) is 6.03 Å². The van der Waals surface area contributed by atoms with Gasteiger partial charge in [-0.1, -0.05) is 6.92 Å². The van der Waals surface area contributed by atoms with Crippen molar-refractivity contribution in [1.82, 2.24) is 10.2 Å². The Kier molecular flexibility index (Phi) is 2.14. The molecule has 0 aliphatic carbocycles. The Morgan fingerprint density at radius 2 is 2.40 bits per heavy atom. The van der Waals surface area contributed by atoms with Gasteiger partial charge in [0.1, 0.15) is 0 Å². The number of hydrogen-bond donors (Lipinski definition) is 1. The van der Waals surface area contributed by atoms with Crippen molar-refractivity contribution < 1.29 is 4.79 Å². The van der Waals surface area contributed by atoms with Crippen molar-refractivity contribution >= 4 is 6.03 Å². The van der Waals surface area contributed by atoms with E-state index < -0.39 is 0 Å². The quantitative estimate of drug-likeness (QED) is 0.529. The molecule has 58 valence electrons. The van der Waals surface area contributed by atoms with E-state index in [9.17, 15) is 4.79 Å². The van der Waals surface area contributed by atoms with Gasteiger partial charge in [-0.25, -0.2) is 4.79 Å². The van der Waals surface area contributed by atoms with Crippen LogP contribution in [0.3, 0.4) is 0 Å². The average Bonchev–Trinajstić information content (AvgIpc) is 2.34. The molecule has 0 spiro atoms. The highest BCUT2D eigenvalue weighted by molar-refractivity contribution is 5.74. The predicted molar refractivity (Wildman–Crippen MR) is 39.8 cm³/mol. The smallest absolute Gasteiger partial charge is 0.317 e. The lowest BCUT2D eigenvalue weighted by molar-refractivity contribution is 0.210. The van der Waals surface area contributed by atoms with Crippen LogP contribution >= 0.6 is 0 Å². The number of likely N-dealkylation sites (tertiary alicyclic amines) is 1. The molecule has 1 aliphatic rings. The van der Waals surface area contributed by atoms with Gasteiger partial charge in [-0.3, -0.25) is 0 Å². The van der Waals surface area contributed by atoms with Crippen LogP contribution < -0.4 is 5.32 Å². The van der Waals surface area contributed by atoms with Crippen LogP contribution in [0.5, 0.6) is 0 Å². The average molecular weight is 142 g/mol. The van der Waals surface area contributed by atoms with E-state index in [1.54, 1.807) is 7.05 Å². The van der Waals surface area contributed by atoms with Crippen molar-refractivity contribution in [2.45, 2.75) is 13.3 Å². The summed E-state index contributed by atoms with van der Waals surface area (Å²) in [7, 11) is 1.67. The number of amides is 2. The molecule has 0 aromatic carbocycles. The van der Waals surface area contributed by atoms with Crippen LogP contribution in [-0.2, 0) is 0 Å². The molecule has 1 heterocycles. The molecule has 1 fully saturated rings. The maximum atomic E-state index is 11.0. The van der Waals surface area contributed by atoms with Crippen molar-refractivity contribution in [3.8, 4) is 0 Å². The minimum atomic E-state index is 0.0596. The summed E-state index contributed by atoms with van der Waals surface area (Å²) in [5, 5.41) is 2.61. The van der Waals surface area contributed by atoms with Gasteiger partial charge in [0.25, 0.3) is 0 Å². The number of nitrogens with zero attached hydrogens (tertiary/aromatic N) is 1. The molecule has 2 amide bonds. The number of hydrogen-bond acceptors (Lipinski definition) is 1. The molecule has 0 radical (unpaired) electrons. The van der Waals surface area contributed by atoms with Gasteiger partial charge in [-0.2, -0.15) is 0 Å². The first-order valence-corrected chi connectivity index (χ1v) is 3.70. The van der Waals surface area contributed by atoms with Gasteiger partial charge in [0, 0.05) is 20.1 Å². The second-order valence-electron chi connectivity index (χ2n) is 2.90. The summed E-state index contributed by atoms with van der Waals surface area (Å²) in [6.45, 7) is 4.00. The molecule has 1 atom stereocenters. The van der Waals surface area contributed by atoms with E-state index in [2.05, 4.69) is 12.2 Å². The molecule has 1 saturated heterocycles. The fourth-order valence-corrected chi connectivity index (χ4v) is 1.28. The van der Waals surface area contributed by atoms with Crippen molar-refractivity contribution in [3.63, 3.8) is 0 Å². The van der Waals surface area contributed by atoms with Crippen LogP contribution in [0.25, 0.3) is 0 Å². The van der Waals surface area contributed by atoms with Gasteiger partial charge < -0.3 is 10.2 Å². The van der Waals surface area contributed by atoms with Crippen LogP contribution in [0.15, 0.2) is 0 Å². The van der Waals surface area contributed by atoms with E-state index >= 15 is 0 Å². The zero-order valence-electron chi connectivity index (χ0n) is 6.55. The van der Waals surface area contributed by atoms with Crippen molar-refractivity contribution in [3.05, 3.63) is 0 Å².